The minimum atomic E-state index is -0.610. The molecule has 3 N–H and O–H groups in total. The first-order chi connectivity index (χ1) is 18.4. The Morgan fingerprint density at radius 1 is 1.03 bits per heavy atom. The standard InChI is InChI=1S/C30H34ClN3O4/c1-37-30(36)21-11-20(19-9-5-6-10-19)12-22(13-21)34-28-23-14-27(38-17-18-7-3-2-4-8-18)25(31)15-26(23)33-16-24(28)29(32)35/h11-16,18-19H,2-10,17H2,1H3,(H2,32,35)(H,33,34). The molecule has 1 amide bonds. The van der Waals surface area contributed by atoms with E-state index in [4.69, 9.17) is 26.8 Å². The van der Waals surface area contributed by atoms with Crippen molar-refractivity contribution in [2.24, 2.45) is 11.7 Å². The summed E-state index contributed by atoms with van der Waals surface area (Å²) in [7, 11) is 1.37. The predicted octanol–water partition coefficient (Wildman–Crippen LogP) is 7.13. The molecule has 200 valence electrons. The summed E-state index contributed by atoms with van der Waals surface area (Å²) < 4.78 is 11.2. The van der Waals surface area contributed by atoms with Crippen LogP contribution in [0.4, 0.5) is 11.4 Å². The van der Waals surface area contributed by atoms with Gasteiger partial charge in [0.25, 0.3) is 5.91 Å². The van der Waals surface area contributed by atoms with Crippen molar-refractivity contribution in [3.8, 4) is 5.75 Å². The van der Waals surface area contributed by atoms with Crippen molar-refractivity contribution < 1.29 is 19.1 Å². The highest BCUT2D eigenvalue weighted by Gasteiger charge is 2.22. The number of nitrogens with zero attached hydrogens (tertiary/aromatic N) is 1. The Morgan fingerprint density at radius 3 is 2.47 bits per heavy atom. The number of esters is 1. The number of halogens is 1. The fourth-order valence-electron chi connectivity index (χ4n) is 5.79. The van der Waals surface area contributed by atoms with Crippen molar-refractivity contribution in [2.75, 3.05) is 19.0 Å². The first-order valence-corrected chi connectivity index (χ1v) is 13.9. The fraction of sp³-hybridized carbons (Fsp3) is 0.433. The monoisotopic (exact) mass is 535 g/mol. The van der Waals surface area contributed by atoms with Crippen molar-refractivity contribution in [3.05, 3.63) is 58.2 Å². The van der Waals surface area contributed by atoms with Crippen LogP contribution in [-0.2, 0) is 4.74 Å². The molecule has 2 aromatic carbocycles. The number of hydrogen-bond donors (Lipinski definition) is 2. The zero-order chi connectivity index (χ0) is 26.6. The van der Waals surface area contributed by atoms with Gasteiger partial charge in [0.15, 0.2) is 0 Å². The molecule has 0 unspecified atom stereocenters. The van der Waals surface area contributed by atoms with Crippen molar-refractivity contribution in [1.29, 1.82) is 0 Å². The van der Waals surface area contributed by atoms with E-state index in [2.05, 4.69) is 10.3 Å². The lowest BCUT2D eigenvalue weighted by Crippen LogP contribution is -2.16. The maximum absolute atomic E-state index is 12.5. The zero-order valence-corrected chi connectivity index (χ0v) is 22.5. The minimum Gasteiger partial charge on any atom is -0.492 e. The lowest BCUT2D eigenvalue weighted by Gasteiger charge is -2.22. The number of carbonyl (C=O) groups is 2. The first-order valence-electron chi connectivity index (χ1n) is 13.5. The Bertz CT molecular complexity index is 1350. The van der Waals surface area contributed by atoms with Gasteiger partial charge in [-0.15, -0.1) is 0 Å². The van der Waals surface area contributed by atoms with Gasteiger partial charge in [-0.2, -0.15) is 0 Å². The zero-order valence-electron chi connectivity index (χ0n) is 21.7. The van der Waals surface area contributed by atoms with E-state index < -0.39 is 11.9 Å². The molecular weight excluding hydrogens is 502 g/mol. The maximum Gasteiger partial charge on any atom is 0.337 e. The molecule has 0 spiro atoms. The molecule has 0 atom stereocenters. The average molecular weight is 536 g/mol. The number of amides is 1. The average Bonchev–Trinajstić information content (AvgIpc) is 3.47. The Hall–Kier alpha value is -3.32. The summed E-state index contributed by atoms with van der Waals surface area (Å²) in [5.74, 6) is 0.419. The van der Waals surface area contributed by atoms with Gasteiger partial charge in [-0.05, 0) is 73.4 Å². The number of ether oxygens (including phenoxy) is 2. The number of benzene rings is 2. The van der Waals surface area contributed by atoms with Crippen molar-refractivity contribution in [2.45, 2.75) is 63.7 Å². The smallest absolute Gasteiger partial charge is 0.337 e. The Balaban J connectivity index is 1.55. The molecule has 0 saturated heterocycles. The number of methoxy groups -OCH3 is 1. The number of pyridine rings is 1. The summed E-state index contributed by atoms with van der Waals surface area (Å²) in [6, 6.07) is 9.25. The Morgan fingerprint density at radius 2 is 1.76 bits per heavy atom. The molecule has 0 radical (unpaired) electrons. The van der Waals surface area contributed by atoms with Crippen LogP contribution in [0, 0.1) is 5.92 Å². The lowest BCUT2D eigenvalue weighted by molar-refractivity contribution is 0.0600. The second-order valence-corrected chi connectivity index (χ2v) is 10.9. The number of nitrogens with two attached hydrogens (primary N) is 1. The fourth-order valence-corrected chi connectivity index (χ4v) is 6.00. The van der Waals surface area contributed by atoms with Crippen LogP contribution in [0.25, 0.3) is 10.9 Å². The Labute approximate surface area is 228 Å². The molecule has 2 fully saturated rings. The van der Waals surface area contributed by atoms with Crippen LogP contribution < -0.4 is 15.8 Å². The van der Waals surface area contributed by atoms with Gasteiger partial charge in [0.2, 0.25) is 0 Å². The van der Waals surface area contributed by atoms with E-state index in [9.17, 15) is 9.59 Å². The molecule has 3 aromatic rings. The van der Waals surface area contributed by atoms with Gasteiger partial charge in [0.05, 0.1) is 41.1 Å². The normalized spacial score (nSPS) is 16.5. The number of anilines is 2. The molecule has 0 bridgehead atoms. The predicted molar refractivity (Wildman–Crippen MR) is 150 cm³/mol. The highest BCUT2D eigenvalue weighted by molar-refractivity contribution is 6.33. The van der Waals surface area contributed by atoms with E-state index in [-0.39, 0.29) is 5.56 Å². The van der Waals surface area contributed by atoms with E-state index in [0.717, 1.165) is 31.2 Å². The molecule has 1 aromatic heterocycles. The van der Waals surface area contributed by atoms with Crippen LogP contribution in [-0.4, -0.2) is 30.6 Å². The number of rotatable bonds is 8. The van der Waals surface area contributed by atoms with Gasteiger partial charge in [0.1, 0.15) is 5.75 Å². The molecule has 1 heterocycles. The largest absolute Gasteiger partial charge is 0.492 e. The highest BCUT2D eigenvalue weighted by atomic mass is 35.5. The van der Waals surface area contributed by atoms with E-state index >= 15 is 0 Å². The van der Waals surface area contributed by atoms with Gasteiger partial charge in [-0.25, -0.2) is 4.79 Å². The third-order valence-electron chi connectivity index (χ3n) is 7.86. The molecule has 2 saturated carbocycles. The van der Waals surface area contributed by atoms with Crippen molar-refractivity contribution in [3.63, 3.8) is 0 Å². The molecule has 5 rings (SSSR count). The van der Waals surface area contributed by atoms with Crippen LogP contribution in [0.5, 0.6) is 5.75 Å². The Kier molecular flexibility index (Phi) is 8.03. The van der Waals surface area contributed by atoms with Crippen LogP contribution in [0.2, 0.25) is 5.02 Å². The van der Waals surface area contributed by atoms with Crippen molar-refractivity contribution in [1.82, 2.24) is 4.98 Å². The maximum atomic E-state index is 12.5. The molecule has 7 nitrogen and oxygen atoms in total. The van der Waals surface area contributed by atoms with E-state index in [1.54, 1.807) is 12.1 Å². The van der Waals surface area contributed by atoms with Crippen molar-refractivity contribution >= 4 is 45.8 Å². The van der Waals surface area contributed by atoms with Gasteiger partial charge in [-0.3, -0.25) is 9.78 Å². The summed E-state index contributed by atoms with van der Waals surface area (Å²) in [4.78, 5) is 29.4. The van der Waals surface area contributed by atoms with Gasteiger partial charge >= 0.3 is 5.97 Å². The summed E-state index contributed by atoms with van der Waals surface area (Å²) in [5, 5.41) is 4.51. The van der Waals surface area contributed by atoms with Crippen LogP contribution in [0.3, 0.4) is 0 Å². The highest BCUT2D eigenvalue weighted by Crippen LogP contribution is 2.39. The van der Waals surface area contributed by atoms with Gasteiger partial charge in [-0.1, -0.05) is 43.7 Å². The minimum absolute atomic E-state index is 0.240. The molecular formula is C30H34ClN3O4. The summed E-state index contributed by atoms with van der Waals surface area (Å²) >= 11 is 6.57. The van der Waals surface area contributed by atoms with E-state index in [1.807, 2.05) is 18.2 Å². The molecule has 2 aliphatic rings. The van der Waals surface area contributed by atoms with E-state index in [0.29, 0.717) is 57.1 Å². The van der Waals surface area contributed by atoms with Crippen LogP contribution in [0.1, 0.15) is 90.0 Å². The molecule has 2 aliphatic carbocycles. The molecule has 38 heavy (non-hydrogen) atoms. The number of aromatic nitrogens is 1. The summed E-state index contributed by atoms with van der Waals surface area (Å²) in [6.07, 6.45) is 12.0. The lowest BCUT2D eigenvalue weighted by atomic mass is 9.90. The van der Waals surface area contributed by atoms with E-state index in [1.165, 1.54) is 45.4 Å². The third kappa shape index (κ3) is 5.73. The second-order valence-electron chi connectivity index (χ2n) is 10.5. The number of primary amides is 1. The second kappa shape index (κ2) is 11.6. The molecule has 8 heteroatoms. The van der Waals surface area contributed by atoms with Crippen LogP contribution in [0.15, 0.2) is 36.5 Å². The van der Waals surface area contributed by atoms with Crippen LogP contribution >= 0.6 is 11.6 Å². The number of carbonyl (C=O) groups excluding carboxylic acids is 2. The first kappa shape index (κ1) is 26.3. The topological polar surface area (TPSA) is 104 Å². The molecule has 0 aliphatic heterocycles. The SMILES string of the molecule is COC(=O)c1cc(Nc2c(C(N)=O)cnc3cc(Cl)c(OCC4CCCCC4)cc23)cc(C2CCCC2)c1. The van der Waals surface area contributed by atoms with Gasteiger partial charge in [0, 0.05) is 17.3 Å². The quantitative estimate of drug-likeness (QED) is 0.297. The number of hydrogen-bond acceptors (Lipinski definition) is 6. The number of fused-ring (bicyclic) bond motifs is 1. The summed E-state index contributed by atoms with van der Waals surface area (Å²) in [6.45, 7) is 0.600. The third-order valence-corrected chi connectivity index (χ3v) is 8.15. The number of nitrogens with one attached hydrogen (secondary N) is 1. The van der Waals surface area contributed by atoms with Gasteiger partial charge < -0.3 is 20.5 Å². The summed E-state index contributed by atoms with van der Waals surface area (Å²) in [5.41, 5.74) is 9.31.